The number of likely N-dealkylation sites (N-methyl/N-ethyl adjacent to an activating group) is 1. The van der Waals surface area contributed by atoms with Gasteiger partial charge in [-0.25, -0.2) is 0 Å². The van der Waals surface area contributed by atoms with Gasteiger partial charge >= 0.3 is 0 Å². The van der Waals surface area contributed by atoms with Gasteiger partial charge in [0.05, 0.1) is 6.04 Å². The number of hydrogen-bond acceptors (Lipinski definition) is 1. The zero-order valence-corrected chi connectivity index (χ0v) is 16.3. The second-order valence-electron chi connectivity index (χ2n) is 4.86. The van der Waals surface area contributed by atoms with Crippen molar-refractivity contribution in [1.29, 1.82) is 0 Å². The predicted molar refractivity (Wildman–Crippen MR) is 106 cm³/mol. The number of rotatable bonds is 2. The summed E-state index contributed by atoms with van der Waals surface area (Å²) in [6.45, 7) is 15.0. The molecule has 1 atom stereocenters. The van der Waals surface area contributed by atoms with Crippen molar-refractivity contribution in [3.8, 4) is 0 Å². The predicted octanol–water partition coefficient (Wildman–Crippen LogP) is 6.83. The highest BCUT2D eigenvalue weighted by molar-refractivity contribution is 6.30. The summed E-state index contributed by atoms with van der Waals surface area (Å²) in [5.41, 5.74) is 3.97. The molecule has 0 aliphatic carbocycles. The highest BCUT2D eigenvalue weighted by Crippen LogP contribution is 2.38. The van der Waals surface area contributed by atoms with Gasteiger partial charge in [-0.1, -0.05) is 76.2 Å². The Kier molecular flexibility index (Phi) is 11.5. The minimum atomic E-state index is 0.261. The van der Waals surface area contributed by atoms with E-state index in [1.807, 2.05) is 45.9 Å². The average Bonchev–Trinajstić information content (AvgIpc) is 2.59. The Balaban J connectivity index is 0.00000112. The van der Waals surface area contributed by atoms with E-state index in [2.05, 4.69) is 49.7 Å². The maximum atomic E-state index is 6.13. The number of piperidine rings is 1. The van der Waals surface area contributed by atoms with Crippen LogP contribution >= 0.6 is 11.6 Å². The van der Waals surface area contributed by atoms with Gasteiger partial charge in [0.1, 0.15) is 0 Å². The molecule has 0 saturated carbocycles. The van der Waals surface area contributed by atoms with E-state index in [4.69, 9.17) is 11.6 Å². The van der Waals surface area contributed by atoms with Gasteiger partial charge in [0.15, 0.2) is 0 Å². The molecule has 1 aromatic rings. The summed E-state index contributed by atoms with van der Waals surface area (Å²) in [4.78, 5) is 2.37. The fraction of sp³-hybridized carbons (Fsp3) is 0.429. The van der Waals surface area contributed by atoms with Crippen LogP contribution in [0.25, 0.3) is 0 Å². The summed E-state index contributed by atoms with van der Waals surface area (Å²) in [6, 6.07) is 8.39. The SMILES string of the molecule is C=C/C=C1\C(=C/C)CCN(C)C1c1cccc(Cl)c1.CC.CC. The summed E-state index contributed by atoms with van der Waals surface area (Å²) in [6.07, 6.45) is 7.29. The first kappa shape index (κ1) is 21.7. The molecular formula is C21H32ClN. The van der Waals surface area contributed by atoms with Gasteiger partial charge in [-0.05, 0) is 49.2 Å². The standard InChI is InChI=1S/C17H20ClN.2C2H6/c1-4-7-16-13(5-2)10-11-19(3)17(16)14-8-6-9-15(18)12-14;2*1-2/h4-9,12,17H,1,10-11H2,2-3H3;2*1-2H3/b13-5-,16-7+;;. The number of likely N-dealkylation sites (tertiary alicyclic amines) is 1. The van der Waals surface area contributed by atoms with E-state index in [9.17, 15) is 0 Å². The Bertz CT molecular complexity index is 528. The van der Waals surface area contributed by atoms with Crippen LogP contribution in [0.2, 0.25) is 5.02 Å². The lowest BCUT2D eigenvalue weighted by atomic mass is 9.86. The molecule has 0 radical (unpaired) electrons. The lowest BCUT2D eigenvalue weighted by Crippen LogP contribution is -2.32. The summed E-state index contributed by atoms with van der Waals surface area (Å²) in [5.74, 6) is 0. The van der Waals surface area contributed by atoms with Crippen LogP contribution in [-0.4, -0.2) is 18.5 Å². The molecule has 0 N–H and O–H groups in total. The quantitative estimate of drug-likeness (QED) is 0.573. The third-order valence-electron chi connectivity index (χ3n) is 3.65. The molecule has 1 heterocycles. The van der Waals surface area contributed by atoms with Gasteiger partial charge in [-0.3, -0.25) is 4.90 Å². The largest absolute Gasteiger partial charge is 0.295 e. The maximum Gasteiger partial charge on any atom is 0.0602 e. The topological polar surface area (TPSA) is 3.24 Å². The van der Waals surface area contributed by atoms with Crippen LogP contribution in [0, 0.1) is 0 Å². The Morgan fingerprint density at radius 3 is 2.39 bits per heavy atom. The molecule has 1 saturated heterocycles. The Hall–Kier alpha value is -1.31. The molecule has 0 aromatic heterocycles. The van der Waals surface area contributed by atoms with Gasteiger partial charge in [-0.2, -0.15) is 0 Å². The lowest BCUT2D eigenvalue weighted by Gasteiger charge is -2.37. The molecule has 2 rings (SSSR count). The molecule has 0 amide bonds. The number of allylic oxidation sites excluding steroid dienone is 3. The summed E-state index contributed by atoms with van der Waals surface area (Å²) >= 11 is 6.13. The zero-order chi connectivity index (χ0) is 17.8. The number of halogens is 1. The summed E-state index contributed by atoms with van der Waals surface area (Å²) < 4.78 is 0. The van der Waals surface area contributed by atoms with Crippen molar-refractivity contribution in [3.63, 3.8) is 0 Å². The van der Waals surface area contributed by atoms with E-state index in [1.165, 1.54) is 16.7 Å². The Labute approximate surface area is 148 Å². The van der Waals surface area contributed by atoms with Gasteiger partial charge in [0.25, 0.3) is 0 Å². The summed E-state index contributed by atoms with van der Waals surface area (Å²) in [5, 5.41) is 0.788. The van der Waals surface area contributed by atoms with Crippen molar-refractivity contribution >= 4 is 11.6 Å². The van der Waals surface area contributed by atoms with Gasteiger partial charge < -0.3 is 0 Å². The molecular weight excluding hydrogens is 302 g/mol. The van der Waals surface area contributed by atoms with Crippen LogP contribution in [0.5, 0.6) is 0 Å². The molecule has 0 spiro atoms. The Morgan fingerprint density at radius 2 is 1.87 bits per heavy atom. The minimum Gasteiger partial charge on any atom is -0.295 e. The van der Waals surface area contributed by atoms with Crippen molar-refractivity contribution in [2.24, 2.45) is 0 Å². The fourth-order valence-electron chi connectivity index (χ4n) is 2.73. The van der Waals surface area contributed by atoms with E-state index in [0.29, 0.717) is 0 Å². The zero-order valence-electron chi connectivity index (χ0n) is 15.6. The fourth-order valence-corrected chi connectivity index (χ4v) is 2.93. The van der Waals surface area contributed by atoms with Crippen LogP contribution in [0.15, 0.2) is 60.2 Å². The molecule has 1 aliphatic rings. The smallest absolute Gasteiger partial charge is 0.0602 e. The number of nitrogens with zero attached hydrogens (tertiary/aromatic N) is 1. The normalized spacial score (nSPS) is 21.1. The van der Waals surface area contributed by atoms with E-state index in [0.717, 1.165) is 18.0 Å². The molecule has 0 bridgehead atoms. The van der Waals surface area contributed by atoms with Crippen molar-refractivity contribution in [2.75, 3.05) is 13.6 Å². The van der Waals surface area contributed by atoms with Crippen LogP contribution < -0.4 is 0 Å². The van der Waals surface area contributed by atoms with E-state index in [1.54, 1.807) is 0 Å². The summed E-state index contributed by atoms with van der Waals surface area (Å²) in [7, 11) is 2.16. The highest BCUT2D eigenvalue weighted by atomic mass is 35.5. The van der Waals surface area contributed by atoms with Crippen molar-refractivity contribution < 1.29 is 0 Å². The third-order valence-corrected chi connectivity index (χ3v) is 3.89. The first-order chi connectivity index (χ1) is 11.2. The second-order valence-corrected chi connectivity index (χ2v) is 5.30. The molecule has 1 nitrogen and oxygen atoms in total. The van der Waals surface area contributed by atoms with Crippen LogP contribution in [0.3, 0.4) is 0 Å². The molecule has 23 heavy (non-hydrogen) atoms. The van der Waals surface area contributed by atoms with Crippen molar-refractivity contribution in [2.45, 2.75) is 47.1 Å². The third kappa shape index (κ3) is 6.01. The second kappa shape index (κ2) is 12.2. The van der Waals surface area contributed by atoms with E-state index in [-0.39, 0.29) is 6.04 Å². The molecule has 1 unspecified atom stereocenters. The van der Waals surface area contributed by atoms with E-state index < -0.39 is 0 Å². The molecule has 1 aliphatic heterocycles. The maximum absolute atomic E-state index is 6.13. The first-order valence-corrected chi connectivity index (χ1v) is 8.99. The van der Waals surface area contributed by atoms with E-state index >= 15 is 0 Å². The number of benzene rings is 1. The van der Waals surface area contributed by atoms with Crippen molar-refractivity contribution in [3.05, 3.63) is 70.8 Å². The minimum absolute atomic E-state index is 0.261. The van der Waals surface area contributed by atoms with Crippen LogP contribution in [0.1, 0.15) is 52.6 Å². The van der Waals surface area contributed by atoms with Crippen LogP contribution in [0.4, 0.5) is 0 Å². The van der Waals surface area contributed by atoms with Gasteiger partial charge in [0.2, 0.25) is 0 Å². The lowest BCUT2D eigenvalue weighted by molar-refractivity contribution is 0.260. The van der Waals surface area contributed by atoms with Gasteiger partial charge in [0, 0.05) is 11.6 Å². The average molecular weight is 334 g/mol. The molecule has 1 fully saturated rings. The molecule has 128 valence electrons. The van der Waals surface area contributed by atoms with Crippen LogP contribution in [-0.2, 0) is 0 Å². The van der Waals surface area contributed by atoms with Gasteiger partial charge in [-0.15, -0.1) is 0 Å². The van der Waals surface area contributed by atoms with Crippen molar-refractivity contribution in [1.82, 2.24) is 4.90 Å². The highest BCUT2D eigenvalue weighted by Gasteiger charge is 2.27. The first-order valence-electron chi connectivity index (χ1n) is 8.61. The molecule has 1 aromatic carbocycles. The monoisotopic (exact) mass is 333 g/mol. The molecule has 2 heteroatoms. The number of hydrogen-bond donors (Lipinski definition) is 0. The Morgan fingerprint density at radius 1 is 1.22 bits per heavy atom.